The predicted octanol–water partition coefficient (Wildman–Crippen LogP) is 2.07. The number of benzene rings is 1. The Morgan fingerprint density at radius 2 is 1.96 bits per heavy atom. The van der Waals surface area contributed by atoms with Gasteiger partial charge in [-0.25, -0.2) is 0 Å². The van der Waals surface area contributed by atoms with Crippen LogP contribution in [0.4, 0.5) is 0 Å². The lowest BCUT2D eigenvalue weighted by molar-refractivity contribution is -0.150. The van der Waals surface area contributed by atoms with Gasteiger partial charge in [0.2, 0.25) is 0 Å². The monoisotopic (exact) mass is 371 g/mol. The fraction of sp³-hybridized carbons (Fsp3) is 0.476. The van der Waals surface area contributed by atoms with Gasteiger partial charge in [-0.15, -0.1) is 0 Å². The SMILES string of the molecule is CN(C)CCN(Cc1ccco1)C(=O)[C@@H]1CN(Cc2ccccc2)CCO1. The molecule has 1 aromatic carbocycles. The Balaban J connectivity index is 1.62. The van der Waals surface area contributed by atoms with Crippen molar-refractivity contribution in [2.75, 3.05) is 46.9 Å². The molecule has 1 atom stereocenters. The van der Waals surface area contributed by atoms with Crippen LogP contribution < -0.4 is 0 Å². The van der Waals surface area contributed by atoms with Crippen molar-refractivity contribution in [3.63, 3.8) is 0 Å². The first kappa shape index (κ1) is 19.6. The number of furan rings is 1. The zero-order valence-corrected chi connectivity index (χ0v) is 16.2. The summed E-state index contributed by atoms with van der Waals surface area (Å²) in [5.41, 5.74) is 1.26. The van der Waals surface area contributed by atoms with Crippen LogP contribution in [0.15, 0.2) is 53.1 Å². The van der Waals surface area contributed by atoms with E-state index in [2.05, 4.69) is 21.9 Å². The van der Waals surface area contributed by atoms with E-state index in [9.17, 15) is 4.79 Å². The summed E-state index contributed by atoms with van der Waals surface area (Å²) in [6, 6.07) is 14.1. The summed E-state index contributed by atoms with van der Waals surface area (Å²) in [5.74, 6) is 0.824. The highest BCUT2D eigenvalue weighted by Crippen LogP contribution is 2.14. The molecular weight excluding hydrogens is 342 g/mol. The second-order valence-corrected chi connectivity index (χ2v) is 7.22. The molecule has 6 heteroatoms. The van der Waals surface area contributed by atoms with Crippen molar-refractivity contribution in [2.24, 2.45) is 0 Å². The van der Waals surface area contributed by atoms with Gasteiger partial charge in [0.1, 0.15) is 11.9 Å². The Kier molecular flexibility index (Phi) is 7.04. The predicted molar refractivity (Wildman–Crippen MR) is 104 cm³/mol. The van der Waals surface area contributed by atoms with Crippen molar-refractivity contribution in [2.45, 2.75) is 19.2 Å². The summed E-state index contributed by atoms with van der Waals surface area (Å²) in [5, 5.41) is 0. The van der Waals surface area contributed by atoms with Gasteiger partial charge in [0.15, 0.2) is 0 Å². The molecule has 6 nitrogen and oxygen atoms in total. The average Bonchev–Trinajstić information content (AvgIpc) is 3.18. The molecular formula is C21H29N3O3. The minimum atomic E-state index is -0.431. The van der Waals surface area contributed by atoms with Crippen molar-refractivity contribution in [3.8, 4) is 0 Å². The largest absolute Gasteiger partial charge is 0.467 e. The van der Waals surface area contributed by atoms with Crippen LogP contribution in [0, 0.1) is 0 Å². The Labute approximate surface area is 161 Å². The fourth-order valence-electron chi connectivity index (χ4n) is 3.22. The summed E-state index contributed by atoms with van der Waals surface area (Å²) < 4.78 is 11.3. The Hall–Kier alpha value is -2.15. The molecule has 0 aliphatic carbocycles. The summed E-state index contributed by atoms with van der Waals surface area (Å²) in [7, 11) is 4.02. The molecule has 0 saturated carbocycles. The Morgan fingerprint density at radius 1 is 1.15 bits per heavy atom. The quantitative estimate of drug-likeness (QED) is 0.711. The number of rotatable bonds is 8. The molecule has 0 unspecified atom stereocenters. The average molecular weight is 371 g/mol. The van der Waals surface area contributed by atoms with Gasteiger partial charge in [-0.05, 0) is 31.8 Å². The molecule has 1 aliphatic heterocycles. The lowest BCUT2D eigenvalue weighted by Gasteiger charge is -2.35. The van der Waals surface area contributed by atoms with E-state index in [4.69, 9.17) is 9.15 Å². The van der Waals surface area contributed by atoms with Crippen LogP contribution in [-0.4, -0.2) is 73.6 Å². The first-order valence-corrected chi connectivity index (χ1v) is 9.45. The van der Waals surface area contributed by atoms with Crippen LogP contribution in [-0.2, 0) is 22.6 Å². The third-order valence-electron chi connectivity index (χ3n) is 4.73. The maximum atomic E-state index is 13.1. The summed E-state index contributed by atoms with van der Waals surface area (Å²) in [6.07, 6.45) is 1.21. The number of carbonyl (C=O) groups is 1. The molecule has 1 amide bonds. The minimum Gasteiger partial charge on any atom is -0.467 e. The standard InChI is InChI=1S/C21H29N3O3/c1-22(2)10-11-24(16-19-9-6-13-26-19)21(25)20-17-23(12-14-27-20)15-18-7-4-3-5-8-18/h3-9,13,20H,10-12,14-17H2,1-2H3/t20-/m0/s1. The Bertz CT molecular complexity index is 688. The molecule has 0 radical (unpaired) electrons. The molecule has 146 valence electrons. The van der Waals surface area contributed by atoms with E-state index in [0.717, 1.165) is 25.4 Å². The molecule has 1 saturated heterocycles. The van der Waals surface area contributed by atoms with Crippen LogP contribution in [0.3, 0.4) is 0 Å². The smallest absolute Gasteiger partial charge is 0.253 e. The third kappa shape index (κ3) is 5.92. The molecule has 1 aliphatic rings. The topological polar surface area (TPSA) is 49.2 Å². The molecule has 0 N–H and O–H groups in total. The van der Waals surface area contributed by atoms with Gasteiger partial charge >= 0.3 is 0 Å². The van der Waals surface area contributed by atoms with E-state index in [-0.39, 0.29) is 5.91 Å². The number of likely N-dealkylation sites (N-methyl/N-ethyl adjacent to an activating group) is 1. The minimum absolute atomic E-state index is 0.0333. The van der Waals surface area contributed by atoms with Crippen LogP contribution in [0.25, 0.3) is 0 Å². The van der Waals surface area contributed by atoms with Crippen molar-refractivity contribution in [3.05, 3.63) is 60.1 Å². The lowest BCUT2D eigenvalue weighted by Crippen LogP contribution is -2.51. The second kappa shape index (κ2) is 9.69. The number of morpholine rings is 1. The van der Waals surface area contributed by atoms with Gasteiger partial charge in [-0.2, -0.15) is 0 Å². The van der Waals surface area contributed by atoms with Gasteiger partial charge in [-0.3, -0.25) is 9.69 Å². The number of nitrogens with zero attached hydrogens (tertiary/aromatic N) is 3. The van der Waals surface area contributed by atoms with E-state index in [1.54, 1.807) is 6.26 Å². The lowest BCUT2D eigenvalue weighted by atomic mass is 10.1. The molecule has 0 spiro atoms. The Morgan fingerprint density at radius 3 is 2.67 bits per heavy atom. The highest BCUT2D eigenvalue weighted by molar-refractivity contribution is 5.81. The molecule has 0 bridgehead atoms. The van der Waals surface area contributed by atoms with Crippen LogP contribution >= 0.6 is 0 Å². The van der Waals surface area contributed by atoms with Crippen LogP contribution in [0.1, 0.15) is 11.3 Å². The number of carbonyl (C=O) groups excluding carboxylic acids is 1. The molecule has 1 fully saturated rings. The van der Waals surface area contributed by atoms with E-state index in [0.29, 0.717) is 26.2 Å². The number of ether oxygens (including phenoxy) is 1. The van der Waals surface area contributed by atoms with Crippen molar-refractivity contribution >= 4 is 5.91 Å². The number of hydrogen-bond acceptors (Lipinski definition) is 5. The number of amides is 1. The maximum absolute atomic E-state index is 13.1. The third-order valence-corrected chi connectivity index (χ3v) is 4.73. The summed E-state index contributed by atoms with van der Waals surface area (Å²) in [6.45, 7) is 4.78. The number of hydrogen-bond donors (Lipinski definition) is 0. The molecule has 3 rings (SSSR count). The van der Waals surface area contributed by atoms with E-state index in [1.165, 1.54) is 5.56 Å². The van der Waals surface area contributed by atoms with Crippen LogP contribution in [0.5, 0.6) is 0 Å². The maximum Gasteiger partial charge on any atom is 0.253 e. The molecule has 2 heterocycles. The zero-order valence-electron chi connectivity index (χ0n) is 16.2. The second-order valence-electron chi connectivity index (χ2n) is 7.22. The summed E-state index contributed by atoms with van der Waals surface area (Å²) >= 11 is 0. The highest BCUT2D eigenvalue weighted by atomic mass is 16.5. The van der Waals surface area contributed by atoms with E-state index >= 15 is 0 Å². The van der Waals surface area contributed by atoms with Crippen molar-refractivity contribution < 1.29 is 13.9 Å². The van der Waals surface area contributed by atoms with Gasteiger partial charge in [0.25, 0.3) is 5.91 Å². The molecule has 1 aromatic heterocycles. The normalized spacial score (nSPS) is 18.0. The van der Waals surface area contributed by atoms with Gasteiger partial charge in [0, 0.05) is 32.7 Å². The van der Waals surface area contributed by atoms with Crippen LogP contribution in [0.2, 0.25) is 0 Å². The van der Waals surface area contributed by atoms with Gasteiger partial charge in [0.05, 0.1) is 19.4 Å². The first-order valence-electron chi connectivity index (χ1n) is 9.45. The van der Waals surface area contributed by atoms with Gasteiger partial charge < -0.3 is 19.0 Å². The van der Waals surface area contributed by atoms with Crippen molar-refractivity contribution in [1.29, 1.82) is 0 Å². The first-order chi connectivity index (χ1) is 13.1. The highest BCUT2D eigenvalue weighted by Gasteiger charge is 2.30. The molecule has 2 aromatic rings. The molecule has 27 heavy (non-hydrogen) atoms. The van der Waals surface area contributed by atoms with E-state index < -0.39 is 6.10 Å². The van der Waals surface area contributed by atoms with Crippen molar-refractivity contribution in [1.82, 2.24) is 14.7 Å². The summed E-state index contributed by atoms with van der Waals surface area (Å²) in [4.78, 5) is 19.4. The zero-order chi connectivity index (χ0) is 19.1. The van der Waals surface area contributed by atoms with E-state index in [1.807, 2.05) is 49.3 Å². The van der Waals surface area contributed by atoms with Gasteiger partial charge in [-0.1, -0.05) is 30.3 Å². The fourth-order valence-corrected chi connectivity index (χ4v) is 3.22.